The van der Waals surface area contributed by atoms with E-state index in [1.54, 1.807) is 5.20 Å². The van der Waals surface area contributed by atoms with Crippen molar-refractivity contribution in [3.05, 3.63) is 11.8 Å². The van der Waals surface area contributed by atoms with Crippen LogP contribution in [0.25, 0.3) is 0 Å². The molecule has 0 aromatic heterocycles. The van der Waals surface area contributed by atoms with Crippen LogP contribution in [0, 0.1) is 0 Å². The van der Waals surface area contributed by atoms with Crippen LogP contribution >= 0.6 is 0 Å². The topological polar surface area (TPSA) is 3.24 Å². The maximum atomic E-state index is 4.41. The Labute approximate surface area is 122 Å². The summed E-state index contributed by atoms with van der Waals surface area (Å²) in [5, 5.41) is 1.55. The molecule has 0 aromatic rings. The van der Waals surface area contributed by atoms with Gasteiger partial charge in [0.1, 0.15) is 0 Å². The third kappa shape index (κ3) is 5.43. The first kappa shape index (κ1) is 17.0. The van der Waals surface area contributed by atoms with E-state index < -0.39 is 8.07 Å². The van der Waals surface area contributed by atoms with Crippen LogP contribution in [0.15, 0.2) is 11.8 Å². The summed E-state index contributed by atoms with van der Waals surface area (Å²) in [5.74, 6) is 0. The highest BCUT2D eigenvalue weighted by Crippen LogP contribution is 2.28. The molecule has 0 radical (unpaired) electrons. The minimum atomic E-state index is -1.27. The maximum absolute atomic E-state index is 4.41. The van der Waals surface area contributed by atoms with Gasteiger partial charge in [-0.3, -0.25) is 0 Å². The van der Waals surface area contributed by atoms with Crippen LogP contribution in [0.1, 0.15) is 65.7 Å². The van der Waals surface area contributed by atoms with Gasteiger partial charge in [-0.15, -0.1) is 6.58 Å². The van der Waals surface area contributed by atoms with Crippen molar-refractivity contribution in [3.63, 3.8) is 0 Å². The molecule has 19 heavy (non-hydrogen) atoms. The quantitative estimate of drug-likeness (QED) is 0.581. The number of likely N-dealkylation sites (tertiary alicyclic amines) is 1. The zero-order valence-electron chi connectivity index (χ0n) is 13.6. The molecule has 1 heterocycles. The summed E-state index contributed by atoms with van der Waals surface area (Å²) in [4.78, 5) is 2.80. The van der Waals surface area contributed by atoms with E-state index in [1.807, 2.05) is 0 Å². The standard InChI is InChI=1S/C17H35NSi/c1-5-14-19(15-6-2,17(3)4)16-18-12-10-8-7-9-11-13-18/h3,5-16H2,1-2,4H3. The zero-order valence-corrected chi connectivity index (χ0v) is 14.6. The highest BCUT2D eigenvalue weighted by Gasteiger charge is 2.34. The fourth-order valence-corrected chi connectivity index (χ4v) is 8.48. The van der Waals surface area contributed by atoms with E-state index in [0.29, 0.717) is 0 Å². The van der Waals surface area contributed by atoms with Gasteiger partial charge in [-0.25, -0.2) is 0 Å². The van der Waals surface area contributed by atoms with Gasteiger partial charge in [-0.2, -0.15) is 0 Å². The van der Waals surface area contributed by atoms with Gasteiger partial charge >= 0.3 is 0 Å². The smallest absolute Gasteiger partial charge is 0.0946 e. The van der Waals surface area contributed by atoms with Crippen molar-refractivity contribution in [2.45, 2.75) is 77.8 Å². The second kappa shape index (κ2) is 8.96. The lowest BCUT2D eigenvalue weighted by Crippen LogP contribution is -2.49. The predicted octanol–water partition coefficient (Wildman–Crippen LogP) is 5.18. The van der Waals surface area contributed by atoms with Crippen LogP contribution in [0.5, 0.6) is 0 Å². The van der Waals surface area contributed by atoms with Crippen LogP contribution in [-0.4, -0.2) is 32.2 Å². The molecule has 1 fully saturated rings. The molecule has 0 N–H and O–H groups in total. The van der Waals surface area contributed by atoms with Crippen LogP contribution < -0.4 is 0 Å². The van der Waals surface area contributed by atoms with Gasteiger partial charge < -0.3 is 4.90 Å². The Hall–Kier alpha value is -0.0831. The van der Waals surface area contributed by atoms with Crippen LogP contribution in [-0.2, 0) is 0 Å². The van der Waals surface area contributed by atoms with Crippen molar-refractivity contribution < 1.29 is 0 Å². The lowest BCUT2D eigenvalue weighted by atomic mass is 10.1. The molecule has 2 heteroatoms. The Balaban J connectivity index is 2.70. The molecule has 0 amide bonds. The monoisotopic (exact) mass is 281 g/mol. The van der Waals surface area contributed by atoms with E-state index in [1.165, 1.54) is 76.3 Å². The molecule has 1 nitrogen and oxygen atoms in total. The number of hydrogen-bond donors (Lipinski definition) is 0. The third-order valence-electron chi connectivity index (χ3n) is 4.84. The first-order valence-electron chi connectivity index (χ1n) is 8.53. The van der Waals surface area contributed by atoms with E-state index in [0.717, 1.165) is 0 Å². The van der Waals surface area contributed by atoms with Crippen molar-refractivity contribution in [2.24, 2.45) is 0 Å². The highest BCUT2D eigenvalue weighted by atomic mass is 28.3. The number of hydrogen-bond acceptors (Lipinski definition) is 1. The summed E-state index contributed by atoms with van der Waals surface area (Å²) in [6.45, 7) is 14.1. The minimum Gasteiger partial charge on any atom is -0.306 e. The minimum absolute atomic E-state index is 1.27. The summed E-state index contributed by atoms with van der Waals surface area (Å²) in [5.41, 5.74) is 0. The fourth-order valence-electron chi connectivity index (χ4n) is 3.70. The molecule has 1 aliphatic heterocycles. The SMILES string of the molecule is C=C(C)[Si](CCC)(CCC)CN1CCCCCCC1. The summed E-state index contributed by atoms with van der Waals surface area (Å²) in [6.07, 6.45) is 11.3. The Morgan fingerprint density at radius 3 is 1.84 bits per heavy atom. The number of rotatable bonds is 7. The predicted molar refractivity (Wildman–Crippen MR) is 90.3 cm³/mol. The summed E-state index contributed by atoms with van der Waals surface area (Å²) in [7, 11) is -1.27. The van der Waals surface area contributed by atoms with Crippen molar-refractivity contribution in [2.75, 3.05) is 19.3 Å². The lowest BCUT2D eigenvalue weighted by Gasteiger charge is -2.38. The van der Waals surface area contributed by atoms with E-state index >= 15 is 0 Å². The Morgan fingerprint density at radius 2 is 1.42 bits per heavy atom. The summed E-state index contributed by atoms with van der Waals surface area (Å²) < 4.78 is 0. The lowest BCUT2D eigenvalue weighted by molar-refractivity contribution is 0.278. The molecular weight excluding hydrogens is 246 g/mol. The largest absolute Gasteiger partial charge is 0.306 e. The second-order valence-corrected chi connectivity index (χ2v) is 11.3. The Morgan fingerprint density at radius 1 is 0.947 bits per heavy atom. The number of nitrogens with zero attached hydrogens (tertiary/aromatic N) is 1. The third-order valence-corrected chi connectivity index (χ3v) is 10.6. The van der Waals surface area contributed by atoms with E-state index in [9.17, 15) is 0 Å². The van der Waals surface area contributed by atoms with Gasteiger partial charge in [0.05, 0.1) is 8.07 Å². The van der Waals surface area contributed by atoms with Gasteiger partial charge in [0, 0.05) is 0 Å². The zero-order chi connectivity index (χ0) is 14.1. The number of allylic oxidation sites excluding steroid dienone is 1. The molecule has 1 saturated heterocycles. The molecule has 0 aliphatic carbocycles. The average molecular weight is 282 g/mol. The Kier molecular flexibility index (Phi) is 8.01. The molecule has 0 aromatic carbocycles. The van der Waals surface area contributed by atoms with Crippen molar-refractivity contribution >= 4 is 8.07 Å². The molecule has 0 unspecified atom stereocenters. The van der Waals surface area contributed by atoms with E-state index in [2.05, 4.69) is 32.3 Å². The molecule has 1 rings (SSSR count). The first-order valence-corrected chi connectivity index (χ1v) is 11.1. The molecule has 0 bridgehead atoms. The first-order chi connectivity index (χ1) is 9.14. The van der Waals surface area contributed by atoms with Crippen LogP contribution in [0.4, 0.5) is 0 Å². The van der Waals surface area contributed by atoms with Crippen molar-refractivity contribution in [1.29, 1.82) is 0 Å². The summed E-state index contributed by atoms with van der Waals surface area (Å²) in [6, 6.07) is 2.90. The van der Waals surface area contributed by atoms with E-state index in [-0.39, 0.29) is 0 Å². The van der Waals surface area contributed by atoms with Gasteiger partial charge in [-0.1, -0.05) is 63.2 Å². The highest BCUT2D eigenvalue weighted by molar-refractivity contribution is 6.86. The van der Waals surface area contributed by atoms with Gasteiger partial charge in [-0.05, 0) is 39.0 Å². The molecule has 0 saturated carbocycles. The normalized spacial score (nSPS) is 18.9. The fraction of sp³-hybridized carbons (Fsp3) is 0.882. The van der Waals surface area contributed by atoms with Gasteiger partial charge in [0.2, 0.25) is 0 Å². The van der Waals surface area contributed by atoms with Gasteiger partial charge in [0.25, 0.3) is 0 Å². The second-order valence-electron chi connectivity index (χ2n) is 6.60. The van der Waals surface area contributed by atoms with Crippen LogP contribution in [0.2, 0.25) is 12.1 Å². The van der Waals surface area contributed by atoms with E-state index in [4.69, 9.17) is 0 Å². The molecular formula is C17H35NSi. The molecule has 1 aliphatic rings. The Bertz CT molecular complexity index is 248. The maximum Gasteiger partial charge on any atom is 0.0946 e. The van der Waals surface area contributed by atoms with Crippen molar-refractivity contribution in [3.8, 4) is 0 Å². The van der Waals surface area contributed by atoms with Crippen LogP contribution in [0.3, 0.4) is 0 Å². The molecule has 112 valence electrons. The van der Waals surface area contributed by atoms with Crippen molar-refractivity contribution in [1.82, 2.24) is 4.90 Å². The molecule has 0 atom stereocenters. The summed E-state index contributed by atoms with van der Waals surface area (Å²) >= 11 is 0. The average Bonchev–Trinajstić information content (AvgIpc) is 2.32. The molecule has 0 spiro atoms. The van der Waals surface area contributed by atoms with Gasteiger partial charge in [0.15, 0.2) is 0 Å².